The molecule has 166 valence electrons. The molecule has 33 heavy (non-hydrogen) atoms. The molecule has 1 aromatic carbocycles. The fraction of sp³-hybridized carbons (Fsp3) is 0.174. The Kier molecular flexibility index (Phi) is 5.99. The van der Waals surface area contributed by atoms with Crippen LogP contribution in [0.2, 0.25) is 5.15 Å². The fourth-order valence-electron chi connectivity index (χ4n) is 3.65. The van der Waals surface area contributed by atoms with Crippen molar-refractivity contribution in [3.05, 3.63) is 71.9 Å². The summed E-state index contributed by atoms with van der Waals surface area (Å²) >= 11 is 7.92. The maximum absolute atomic E-state index is 6.23. The lowest BCUT2D eigenvalue weighted by molar-refractivity contribution is 0.607. The van der Waals surface area contributed by atoms with Crippen LogP contribution in [0.25, 0.3) is 31.8 Å². The standard InChI is InChI=1S/C23H21ClN8S/c1-14(25)18-13-28-21(24)12-17(18)16-4-2-3-15-11-20(33-22(15)16)19-5-6-26-23(30-19)27-7-9-32-10-8-29-31-32/h2-6,8,10-14H,7,9,25H2,1H3,(H,26,27,30). The summed E-state index contributed by atoms with van der Waals surface area (Å²) in [7, 11) is 0. The van der Waals surface area contributed by atoms with Gasteiger partial charge in [0, 0.05) is 41.4 Å². The van der Waals surface area contributed by atoms with Gasteiger partial charge in [0.25, 0.3) is 0 Å². The highest BCUT2D eigenvalue weighted by molar-refractivity contribution is 7.22. The molecule has 4 aromatic heterocycles. The van der Waals surface area contributed by atoms with Gasteiger partial charge in [-0.2, -0.15) is 0 Å². The van der Waals surface area contributed by atoms with Crippen LogP contribution in [-0.2, 0) is 6.54 Å². The second-order valence-corrected chi connectivity index (χ2v) is 9.02. The summed E-state index contributed by atoms with van der Waals surface area (Å²) in [6.45, 7) is 3.27. The third-order valence-corrected chi connectivity index (χ3v) is 6.64. The van der Waals surface area contributed by atoms with E-state index >= 15 is 0 Å². The number of anilines is 1. The molecule has 0 saturated heterocycles. The molecule has 10 heteroatoms. The van der Waals surface area contributed by atoms with E-state index in [1.807, 2.05) is 31.3 Å². The fourth-order valence-corrected chi connectivity index (χ4v) is 4.97. The van der Waals surface area contributed by atoms with Crippen LogP contribution < -0.4 is 11.1 Å². The van der Waals surface area contributed by atoms with Gasteiger partial charge < -0.3 is 11.1 Å². The lowest BCUT2D eigenvalue weighted by Crippen LogP contribution is -2.12. The molecule has 5 aromatic rings. The van der Waals surface area contributed by atoms with Gasteiger partial charge in [0.15, 0.2) is 0 Å². The van der Waals surface area contributed by atoms with E-state index in [1.165, 1.54) is 0 Å². The summed E-state index contributed by atoms with van der Waals surface area (Å²) in [5.41, 5.74) is 10.1. The molecule has 0 spiro atoms. The van der Waals surface area contributed by atoms with Crippen LogP contribution in [0.3, 0.4) is 0 Å². The summed E-state index contributed by atoms with van der Waals surface area (Å²) in [5, 5.41) is 12.6. The van der Waals surface area contributed by atoms with Crippen molar-refractivity contribution in [2.75, 3.05) is 11.9 Å². The molecule has 0 aliphatic rings. The van der Waals surface area contributed by atoms with E-state index in [2.05, 4.69) is 43.8 Å². The molecule has 4 heterocycles. The number of hydrogen-bond donors (Lipinski definition) is 2. The molecule has 1 atom stereocenters. The van der Waals surface area contributed by atoms with Crippen molar-refractivity contribution in [1.82, 2.24) is 29.9 Å². The summed E-state index contributed by atoms with van der Waals surface area (Å²) in [4.78, 5) is 14.3. The number of fused-ring (bicyclic) bond motifs is 1. The van der Waals surface area contributed by atoms with Crippen LogP contribution in [0.15, 0.2) is 61.2 Å². The molecule has 0 saturated carbocycles. The molecule has 0 radical (unpaired) electrons. The number of hydrogen-bond acceptors (Lipinski definition) is 8. The number of nitrogens with one attached hydrogen (secondary N) is 1. The Balaban J connectivity index is 1.47. The van der Waals surface area contributed by atoms with Crippen molar-refractivity contribution in [3.63, 3.8) is 0 Å². The van der Waals surface area contributed by atoms with E-state index in [4.69, 9.17) is 22.3 Å². The first-order valence-corrected chi connectivity index (χ1v) is 11.6. The minimum absolute atomic E-state index is 0.160. The normalized spacial score (nSPS) is 12.2. The molecule has 3 N–H and O–H groups in total. The lowest BCUT2D eigenvalue weighted by Gasteiger charge is -2.13. The number of rotatable bonds is 7. The maximum atomic E-state index is 6.23. The molecule has 1 unspecified atom stereocenters. The van der Waals surface area contributed by atoms with Gasteiger partial charge in [-0.25, -0.2) is 15.0 Å². The molecule has 0 aliphatic carbocycles. The Morgan fingerprint density at radius 3 is 2.88 bits per heavy atom. The van der Waals surface area contributed by atoms with Gasteiger partial charge in [-0.1, -0.05) is 35.0 Å². The van der Waals surface area contributed by atoms with E-state index < -0.39 is 0 Å². The number of nitrogens with zero attached hydrogens (tertiary/aromatic N) is 6. The molecule has 0 bridgehead atoms. The third-order valence-electron chi connectivity index (χ3n) is 5.23. The monoisotopic (exact) mass is 476 g/mol. The number of halogens is 1. The van der Waals surface area contributed by atoms with Gasteiger partial charge in [-0.15, -0.1) is 16.4 Å². The molecular formula is C23H21ClN8S. The maximum Gasteiger partial charge on any atom is 0.223 e. The molecular weight excluding hydrogens is 456 g/mol. The summed E-state index contributed by atoms with van der Waals surface area (Å²) in [5.74, 6) is 0.574. The first-order valence-electron chi connectivity index (χ1n) is 10.4. The molecule has 8 nitrogen and oxygen atoms in total. The zero-order valence-electron chi connectivity index (χ0n) is 17.8. The minimum atomic E-state index is -0.160. The van der Waals surface area contributed by atoms with Crippen LogP contribution in [-0.4, -0.2) is 36.5 Å². The predicted molar refractivity (Wildman–Crippen MR) is 132 cm³/mol. The number of benzene rings is 1. The van der Waals surface area contributed by atoms with Crippen molar-refractivity contribution in [3.8, 4) is 21.7 Å². The molecule has 0 amide bonds. The van der Waals surface area contributed by atoms with Crippen LogP contribution in [0.5, 0.6) is 0 Å². The van der Waals surface area contributed by atoms with E-state index in [-0.39, 0.29) is 6.04 Å². The van der Waals surface area contributed by atoms with Crippen LogP contribution in [0.4, 0.5) is 5.95 Å². The second kappa shape index (κ2) is 9.22. The minimum Gasteiger partial charge on any atom is -0.352 e. The van der Waals surface area contributed by atoms with Gasteiger partial charge in [-0.3, -0.25) is 4.68 Å². The highest BCUT2D eigenvalue weighted by atomic mass is 35.5. The number of pyridine rings is 1. The largest absolute Gasteiger partial charge is 0.352 e. The highest BCUT2D eigenvalue weighted by Crippen LogP contribution is 2.40. The van der Waals surface area contributed by atoms with Crippen molar-refractivity contribution in [1.29, 1.82) is 0 Å². The van der Waals surface area contributed by atoms with Crippen molar-refractivity contribution in [2.24, 2.45) is 5.73 Å². The molecule has 5 rings (SSSR count). The van der Waals surface area contributed by atoms with Crippen molar-refractivity contribution < 1.29 is 0 Å². The predicted octanol–water partition coefficient (Wildman–Crippen LogP) is 4.80. The number of aromatic nitrogens is 6. The van der Waals surface area contributed by atoms with Gasteiger partial charge in [0.05, 0.1) is 23.3 Å². The van der Waals surface area contributed by atoms with Crippen LogP contribution in [0, 0.1) is 0 Å². The van der Waals surface area contributed by atoms with E-state index in [0.717, 1.165) is 37.3 Å². The quantitative estimate of drug-likeness (QED) is 0.325. The van der Waals surface area contributed by atoms with E-state index in [9.17, 15) is 0 Å². The van der Waals surface area contributed by atoms with E-state index in [1.54, 1.807) is 34.6 Å². The first-order chi connectivity index (χ1) is 16.1. The summed E-state index contributed by atoms with van der Waals surface area (Å²) in [6.07, 6.45) is 7.00. The smallest absolute Gasteiger partial charge is 0.223 e. The van der Waals surface area contributed by atoms with E-state index in [0.29, 0.717) is 24.2 Å². The average molecular weight is 477 g/mol. The average Bonchev–Trinajstić information content (AvgIpc) is 3.49. The van der Waals surface area contributed by atoms with Gasteiger partial charge >= 0.3 is 0 Å². The van der Waals surface area contributed by atoms with Gasteiger partial charge in [-0.05, 0) is 41.6 Å². The molecule has 0 aliphatic heterocycles. The summed E-state index contributed by atoms with van der Waals surface area (Å²) in [6, 6.07) is 12.0. The van der Waals surface area contributed by atoms with Crippen LogP contribution >= 0.6 is 22.9 Å². The molecule has 0 fully saturated rings. The second-order valence-electron chi connectivity index (χ2n) is 7.58. The lowest BCUT2D eigenvalue weighted by atomic mass is 9.97. The van der Waals surface area contributed by atoms with Crippen molar-refractivity contribution in [2.45, 2.75) is 19.5 Å². The Hall–Kier alpha value is -3.40. The number of thiophene rings is 1. The zero-order chi connectivity index (χ0) is 22.8. The Bertz CT molecular complexity index is 1400. The Labute approximate surface area is 199 Å². The topological polar surface area (TPSA) is 107 Å². The third kappa shape index (κ3) is 4.56. The Morgan fingerprint density at radius 1 is 1.15 bits per heavy atom. The Morgan fingerprint density at radius 2 is 2.06 bits per heavy atom. The van der Waals surface area contributed by atoms with Gasteiger partial charge in [0.2, 0.25) is 5.95 Å². The highest BCUT2D eigenvalue weighted by Gasteiger charge is 2.16. The zero-order valence-corrected chi connectivity index (χ0v) is 19.4. The summed E-state index contributed by atoms with van der Waals surface area (Å²) < 4.78 is 2.91. The SMILES string of the molecule is CC(N)c1cnc(Cl)cc1-c1cccc2cc(-c3ccnc(NCCn4ccnn4)n3)sc12. The van der Waals surface area contributed by atoms with Gasteiger partial charge in [0.1, 0.15) is 5.15 Å². The number of nitrogens with two attached hydrogens (primary N) is 1. The van der Waals surface area contributed by atoms with Crippen molar-refractivity contribution >= 4 is 39.0 Å². The first kappa shape index (κ1) is 21.4. The van der Waals surface area contributed by atoms with Crippen LogP contribution in [0.1, 0.15) is 18.5 Å².